The number of benzene rings is 1. The van der Waals surface area contributed by atoms with Gasteiger partial charge in [0.05, 0.1) is 11.2 Å². The Morgan fingerprint density at radius 2 is 2.05 bits per heavy atom. The Bertz CT molecular complexity index is 647. The lowest BCUT2D eigenvalue weighted by atomic mass is 10.0. The van der Waals surface area contributed by atoms with E-state index in [2.05, 4.69) is 4.98 Å². The van der Waals surface area contributed by atoms with Crippen LogP contribution in [0.2, 0.25) is 5.02 Å². The normalized spacial score (nSPS) is 12.1. The Balaban J connectivity index is 2.32. The highest BCUT2D eigenvalue weighted by Crippen LogP contribution is 2.36. The summed E-state index contributed by atoms with van der Waals surface area (Å²) in [6, 6.07) is 6.28. The zero-order valence-corrected chi connectivity index (χ0v) is 13.6. The van der Waals surface area contributed by atoms with E-state index < -0.39 is 11.9 Å². The molecule has 22 heavy (non-hydrogen) atoms. The molecule has 0 unspecified atom stereocenters. The molecule has 1 heterocycles. The number of pyridine rings is 1. The highest BCUT2D eigenvalue weighted by Gasteiger charge is 2.18. The van der Waals surface area contributed by atoms with Crippen LogP contribution in [0, 0.1) is 5.82 Å². The standard InChI is InChI=1S/C16H19ClFN3O/c1-4-13(19)11-6-7-12(17)16(15(11)18)22-10-5-8-14(20-9-10)21(2)3/h5-9,13H,4,19H2,1-3H3/t13-/m1/s1. The Labute approximate surface area is 134 Å². The van der Waals surface area contributed by atoms with Crippen LogP contribution in [0.25, 0.3) is 0 Å². The lowest BCUT2D eigenvalue weighted by Gasteiger charge is -2.16. The van der Waals surface area contributed by atoms with Crippen molar-refractivity contribution in [2.24, 2.45) is 5.73 Å². The first kappa shape index (κ1) is 16.5. The summed E-state index contributed by atoms with van der Waals surface area (Å²) in [5, 5.41) is 0.196. The smallest absolute Gasteiger partial charge is 0.182 e. The SMILES string of the molecule is CC[C@@H](N)c1ccc(Cl)c(Oc2ccc(N(C)C)nc2)c1F. The number of ether oxygens (including phenoxy) is 1. The van der Waals surface area contributed by atoms with Crippen LogP contribution >= 0.6 is 11.6 Å². The second-order valence-corrected chi connectivity index (χ2v) is 5.55. The number of nitrogens with two attached hydrogens (primary N) is 1. The minimum absolute atomic E-state index is 0.0255. The third-order valence-corrected chi connectivity index (χ3v) is 3.61. The van der Waals surface area contributed by atoms with Gasteiger partial charge in [-0.2, -0.15) is 0 Å². The van der Waals surface area contributed by atoms with Crippen molar-refractivity contribution in [3.63, 3.8) is 0 Å². The van der Waals surface area contributed by atoms with Gasteiger partial charge in [-0.15, -0.1) is 0 Å². The van der Waals surface area contributed by atoms with Gasteiger partial charge in [-0.3, -0.25) is 0 Å². The summed E-state index contributed by atoms with van der Waals surface area (Å²) in [6.45, 7) is 1.89. The zero-order valence-electron chi connectivity index (χ0n) is 12.8. The molecule has 2 N–H and O–H groups in total. The zero-order chi connectivity index (χ0) is 16.3. The molecule has 0 fully saturated rings. The minimum atomic E-state index is -0.529. The van der Waals surface area contributed by atoms with Crippen LogP contribution in [0.15, 0.2) is 30.5 Å². The topological polar surface area (TPSA) is 51.4 Å². The Morgan fingerprint density at radius 3 is 2.59 bits per heavy atom. The van der Waals surface area contributed by atoms with E-state index in [4.69, 9.17) is 22.1 Å². The first-order valence-electron chi connectivity index (χ1n) is 6.98. The van der Waals surface area contributed by atoms with Crippen LogP contribution in [0.1, 0.15) is 24.9 Å². The van der Waals surface area contributed by atoms with E-state index in [0.717, 1.165) is 5.82 Å². The van der Waals surface area contributed by atoms with Crippen molar-refractivity contribution < 1.29 is 9.13 Å². The summed E-state index contributed by atoms with van der Waals surface area (Å²) in [6.07, 6.45) is 2.15. The van der Waals surface area contributed by atoms with E-state index >= 15 is 0 Å². The third kappa shape index (κ3) is 3.48. The largest absolute Gasteiger partial charge is 0.451 e. The maximum Gasteiger partial charge on any atom is 0.182 e. The fourth-order valence-electron chi connectivity index (χ4n) is 1.96. The molecule has 0 aliphatic carbocycles. The van der Waals surface area contributed by atoms with E-state index in [1.54, 1.807) is 24.3 Å². The number of anilines is 1. The van der Waals surface area contributed by atoms with Crippen LogP contribution in [-0.4, -0.2) is 19.1 Å². The first-order valence-corrected chi connectivity index (χ1v) is 7.36. The summed E-state index contributed by atoms with van der Waals surface area (Å²) in [4.78, 5) is 6.08. The van der Waals surface area contributed by atoms with E-state index in [0.29, 0.717) is 17.7 Å². The molecule has 0 saturated carbocycles. The number of hydrogen-bond acceptors (Lipinski definition) is 4. The fourth-order valence-corrected chi connectivity index (χ4v) is 2.15. The molecule has 1 atom stereocenters. The van der Waals surface area contributed by atoms with Crippen molar-refractivity contribution in [2.75, 3.05) is 19.0 Å². The van der Waals surface area contributed by atoms with Gasteiger partial charge in [0.2, 0.25) is 0 Å². The molecule has 0 saturated heterocycles. The van der Waals surface area contributed by atoms with Gasteiger partial charge in [0.25, 0.3) is 0 Å². The quantitative estimate of drug-likeness (QED) is 0.898. The molecular weight excluding hydrogens is 305 g/mol. The number of hydrogen-bond donors (Lipinski definition) is 1. The average Bonchev–Trinajstić information content (AvgIpc) is 2.51. The molecule has 4 nitrogen and oxygen atoms in total. The molecule has 6 heteroatoms. The van der Waals surface area contributed by atoms with Gasteiger partial charge in [-0.25, -0.2) is 9.37 Å². The van der Waals surface area contributed by atoms with Crippen LogP contribution in [0.3, 0.4) is 0 Å². The summed E-state index contributed by atoms with van der Waals surface area (Å²) >= 11 is 6.05. The molecule has 0 radical (unpaired) electrons. The van der Waals surface area contributed by atoms with Crippen molar-refractivity contribution in [1.29, 1.82) is 0 Å². The second kappa shape index (κ2) is 6.94. The number of halogens is 2. The summed E-state index contributed by atoms with van der Waals surface area (Å²) in [5.74, 6) is 0.635. The molecule has 2 aromatic rings. The molecule has 0 spiro atoms. The second-order valence-electron chi connectivity index (χ2n) is 5.14. The lowest BCUT2D eigenvalue weighted by molar-refractivity contribution is 0.433. The van der Waals surface area contributed by atoms with Crippen LogP contribution in [0.4, 0.5) is 10.2 Å². The van der Waals surface area contributed by atoms with E-state index in [9.17, 15) is 4.39 Å². The van der Waals surface area contributed by atoms with Gasteiger partial charge in [0, 0.05) is 25.7 Å². The van der Waals surface area contributed by atoms with Crippen molar-refractivity contribution in [1.82, 2.24) is 4.98 Å². The highest BCUT2D eigenvalue weighted by atomic mass is 35.5. The molecule has 118 valence electrons. The van der Waals surface area contributed by atoms with Gasteiger partial charge in [-0.1, -0.05) is 24.6 Å². The van der Waals surface area contributed by atoms with Gasteiger partial charge in [-0.05, 0) is 24.6 Å². The average molecular weight is 324 g/mol. The highest BCUT2D eigenvalue weighted by molar-refractivity contribution is 6.32. The Kier molecular flexibility index (Phi) is 5.21. The van der Waals surface area contributed by atoms with Crippen LogP contribution in [-0.2, 0) is 0 Å². The van der Waals surface area contributed by atoms with Crippen molar-refractivity contribution in [2.45, 2.75) is 19.4 Å². The molecule has 0 amide bonds. The van der Waals surface area contributed by atoms with E-state index in [-0.39, 0.29) is 10.8 Å². The Morgan fingerprint density at radius 1 is 1.32 bits per heavy atom. The Hall–Kier alpha value is -1.85. The van der Waals surface area contributed by atoms with Gasteiger partial charge in [0.1, 0.15) is 11.6 Å². The van der Waals surface area contributed by atoms with Crippen molar-refractivity contribution in [3.05, 3.63) is 46.9 Å². The summed E-state index contributed by atoms with van der Waals surface area (Å²) in [5.41, 5.74) is 6.29. The van der Waals surface area contributed by atoms with Crippen molar-refractivity contribution in [3.8, 4) is 11.5 Å². The predicted molar refractivity (Wildman–Crippen MR) is 87.3 cm³/mol. The summed E-state index contributed by atoms with van der Waals surface area (Å²) < 4.78 is 20.1. The number of aromatic nitrogens is 1. The molecule has 0 bridgehead atoms. The van der Waals surface area contributed by atoms with Crippen molar-refractivity contribution >= 4 is 17.4 Å². The lowest BCUT2D eigenvalue weighted by Crippen LogP contribution is -2.11. The number of nitrogens with zero attached hydrogens (tertiary/aromatic N) is 2. The maximum absolute atomic E-state index is 14.5. The first-order chi connectivity index (χ1) is 10.4. The monoisotopic (exact) mass is 323 g/mol. The molecule has 0 aliphatic heterocycles. The van der Waals surface area contributed by atoms with Crippen LogP contribution in [0.5, 0.6) is 11.5 Å². The molecule has 1 aromatic heterocycles. The molecule has 0 aliphatic rings. The molecule has 2 rings (SSSR count). The van der Waals surface area contributed by atoms with Gasteiger partial charge >= 0.3 is 0 Å². The molecule has 1 aromatic carbocycles. The third-order valence-electron chi connectivity index (χ3n) is 3.32. The van der Waals surface area contributed by atoms with Gasteiger partial charge in [0.15, 0.2) is 11.6 Å². The van der Waals surface area contributed by atoms with Crippen LogP contribution < -0.4 is 15.4 Å². The van der Waals surface area contributed by atoms with E-state index in [1.807, 2.05) is 25.9 Å². The summed E-state index contributed by atoms with van der Waals surface area (Å²) in [7, 11) is 3.77. The fraction of sp³-hybridized carbons (Fsp3) is 0.312. The van der Waals surface area contributed by atoms with E-state index in [1.165, 1.54) is 6.20 Å². The number of rotatable bonds is 5. The molecular formula is C16H19ClFN3O. The predicted octanol–water partition coefficient (Wildman–Crippen LogP) is 4.14. The van der Waals surface area contributed by atoms with Gasteiger partial charge < -0.3 is 15.4 Å². The minimum Gasteiger partial charge on any atom is -0.451 e. The maximum atomic E-state index is 14.5.